The summed E-state index contributed by atoms with van der Waals surface area (Å²) >= 11 is 0. The van der Waals surface area contributed by atoms with Gasteiger partial charge in [0, 0.05) is 0 Å². The van der Waals surface area contributed by atoms with E-state index in [9.17, 15) is 14.0 Å². The molecule has 0 unspecified atom stereocenters. The van der Waals surface area contributed by atoms with Crippen molar-refractivity contribution >= 4 is 11.0 Å². The van der Waals surface area contributed by atoms with Gasteiger partial charge in [-0.3, -0.25) is 4.79 Å². The molecule has 0 saturated carbocycles. The lowest BCUT2D eigenvalue weighted by molar-refractivity contribution is 0.414. The van der Waals surface area contributed by atoms with E-state index in [4.69, 9.17) is 9.15 Å². The summed E-state index contributed by atoms with van der Waals surface area (Å²) in [7, 11) is 1.50. The lowest BCUT2D eigenvalue weighted by atomic mass is 10.2. The highest BCUT2D eigenvalue weighted by atomic mass is 19.1. The fraction of sp³-hybridized carbons (Fsp3) is 0.0667. The van der Waals surface area contributed by atoms with E-state index in [-0.39, 0.29) is 16.7 Å². The first-order valence-corrected chi connectivity index (χ1v) is 6.10. The van der Waals surface area contributed by atoms with E-state index in [1.807, 2.05) is 0 Å². The standard InChI is InChI=1S/C15H10FNO4/c1-20-10-7-5-9(6-8-10)17-14(18)13-11(16)3-2-4-12(13)21-15(17)19/h2-8H,1H3. The van der Waals surface area contributed by atoms with E-state index in [2.05, 4.69) is 0 Å². The number of fused-ring (bicyclic) bond motifs is 1. The molecule has 3 aromatic rings. The van der Waals surface area contributed by atoms with Crippen LogP contribution in [0.25, 0.3) is 16.7 Å². The Bertz CT molecular complexity index is 925. The Kier molecular flexibility index (Phi) is 3.06. The van der Waals surface area contributed by atoms with Gasteiger partial charge in [0.25, 0.3) is 5.56 Å². The fourth-order valence-corrected chi connectivity index (χ4v) is 2.09. The van der Waals surface area contributed by atoms with Crippen LogP contribution >= 0.6 is 0 Å². The van der Waals surface area contributed by atoms with Gasteiger partial charge in [0.05, 0.1) is 12.8 Å². The van der Waals surface area contributed by atoms with Crippen molar-refractivity contribution in [3.8, 4) is 11.4 Å². The minimum absolute atomic E-state index is 0.0743. The summed E-state index contributed by atoms with van der Waals surface area (Å²) in [5.41, 5.74) is -0.556. The fourth-order valence-electron chi connectivity index (χ4n) is 2.09. The second-order valence-corrected chi connectivity index (χ2v) is 4.32. The maximum absolute atomic E-state index is 13.8. The molecule has 0 N–H and O–H groups in total. The predicted molar refractivity (Wildman–Crippen MR) is 74.6 cm³/mol. The highest BCUT2D eigenvalue weighted by Gasteiger charge is 2.14. The molecule has 6 heteroatoms. The molecule has 21 heavy (non-hydrogen) atoms. The molecule has 0 aliphatic rings. The zero-order chi connectivity index (χ0) is 15.0. The van der Waals surface area contributed by atoms with E-state index in [0.717, 1.165) is 10.6 Å². The summed E-state index contributed by atoms with van der Waals surface area (Å²) in [6.07, 6.45) is 0. The van der Waals surface area contributed by atoms with Crippen LogP contribution < -0.4 is 16.1 Å². The third kappa shape index (κ3) is 2.10. The van der Waals surface area contributed by atoms with Gasteiger partial charge in [0.2, 0.25) is 0 Å². The summed E-state index contributed by atoms with van der Waals surface area (Å²) in [5, 5.41) is -0.257. The topological polar surface area (TPSA) is 61.4 Å². The molecule has 0 bridgehead atoms. The van der Waals surface area contributed by atoms with Crippen molar-refractivity contribution in [3.63, 3.8) is 0 Å². The number of halogens is 1. The minimum atomic E-state index is -0.872. The van der Waals surface area contributed by atoms with Crippen LogP contribution in [0.15, 0.2) is 56.5 Å². The van der Waals surface area contributed by atoms with Crippen LogP contribution in [0.3, 0.4) is 0 Å². The van der Waals surface area contributed by atoms with Gasteiger partial charge in [-0.1, -0.05) is 6.07 Å². The van der Waals surface area contributed by atoms with Crippen molar-refractivity contribution in [2.45, 2.75) is 0 Å². The first kappa shape index (κ1) is 13.1. The second-order valence-electron chi connectivity index (χ2n) is 4.32. The van der Waals surface area contributed by atoms with Gasteiger partial charge in [-0.05, 0) is 36.4 Å². The van der Waals surface area contributed by atoms with Crippen molar-refractivity contribution in [3.05, 3.63) is 69.2 Å². The number of rotatable bonds is 2. The molecule has 3 rings (SSSR count). The Morgan fingerprint density at radius 1 is 1.10 bits per heavy atom. The van der Waals surface area contributed by atoms with Gasteiger partial charge in [0.15, 0.2) is 0 Å². The van der Waals surface area contributed by atoms with Crippen LogP contribution in [-0.4, -0.2) is 11.7 Å². The number of hydrogen-bond acceptors (Lipinski definition) is 4. The summed E-state index contributed by atoms with van der Waals surface area (Å²) in [5.74, 6) is -1.03. The van der Waals surface area contributed by atoms with Crippen LogP contribution in [0.4, 0.5) is 4.39 Å². The Morgan fingerprint density at radius 2 is 1.81 bits per heavy atom. The molecule has 0 aliphatic carbocycles. The highest BCUT2D eigenvalue weighted by molar-refractivity contribution is 5.76. The molecule has 0 aliphatic heterocycles. The average Bonchev–Trinajstić information content (AvgIpc) is 2.47. The Labute approximate surface area is 117 Å². The van der Waals surface area contributed by atoms with Gasteiger partial charge in [0.1, 0.15) is 22.5 Å². The molecule has 0 spiro atoms. The van der Waals surface area contributed by atoms with Gasteiger partial charge in [-0.2, -0.15) is 0 Å². The number of benzene rings is 2. The summed E-state index contributed by atoms with van der Waals surface area (Å²) < 4.78 is 24.6. The molecule has 0 radical (unpaired) electrons. The Hall–Kier alpha value is -2.89. The molecular formula is C15H10FNO4. The Morgan fingerprint density at radius 3 is 2.48 bits per heavy atom. The molecule has 106 valence electrons. The zero-order valence-electron chi connectivity index (χ0n) is 11.0. The molecular weight excluding hydrogens is 277 g/mol. The summed E-state index contributed by atoms with van der Waals surface area (Å²) in [6, 6.07) is 10.1. The van der Waals surface area contributed by atoms with Crippen LogP contribution in [0.2, 0.25) is 0 Å². The minimum Gasteiger partial charge on any atom is -0.497 e. The third-order valence-electron chi connectivity index (χ3n) is 3.10. The van der Waals surface area contributed by atoms with Gasteiger partial charge in [-0.15, -0.1) is 0 Å². The lowest BCUT2D eigenvalue weighted by Crippen LogP contribution is -2.31. The van der Waals surface area contributed by atoms with Gasteiger partial charge >= 0.3 is 5.76 Å². The van der Waals surface area contributed by atoms with Crippen molar-refractivity contribution in [1.82, 2.24) is 4.57 Å². The maximum atomic E-state index is 13.8. The van der Waals surface area contributed by atoms with Crippen molar-refractivity contribution < 1.29 is 13.5 Å². The first-order valence-electron chi connectivity index (χ1n) is 6.10. The van der Waals surface area contributed by atoms with Crippen LogP contribution in [0, 0.1) is 5.82 Å². The zero-order valence-corrected chi connectivity index (χ0v) is 11.0. The van der Waals surface area contributed by atoms with Crippen molar-refractivity contribution in [2.24, 2.45) is 0 Å². The van der Waals surface area contributed by atoms with Crippen molar-refractivity contribution in [2.75, 3.05) is 7.11 Å². The molecule has 0 saturated heterocycles. The Balaban J connectivity index is 2.34. The molecule has 0 fully saturated rings. The van der Waals surface area contributed by atoms with Crippen LogP contribution in [0.1, 0.15) is 0 Å². The van der Waals surface area contributed by atoms with E-state index >= 15 is 0 Å². The molecule has 0 atom stereocenters. The van der Waals surface area contributed by atoms with Crippen LogP contribution in [-0.2, 0) is 0 Å². The summed E-state index contributed by atoms with van der Waals surface area (Å²) in [6.45, 7) is 0. The monoisotopic (exact) mass is 287 g/mol. The number of methoxy groups -OCH3 is 1. The smallest absolute Gasteiger partial charge is 0.426 e. The molecule has 2 aromatic carbocycles. The van der Waals surface area contributed by atoms with E-state index < -0.39 is 17.1 Å². The largest absolute Gasteiger partial charge is 0.497 e. The number of ether oxygens (including phenoxy) is 1. The average molecular weight is 287 g/mol. The normalized spacial score (nSPS) is 10.8. The predicted octanol–water partition coefficient (Wildman–Crippen LogP) is 2.09. The van der Waals surface area contributed by atoms with Gasteiger partial charge < -0.3 is 9.15 Å². The van der Waals surface area contributed by atoms with Crippen molar-refractivity contribution in [1.29, 1.82) is 0 Å². The molecule has 0 amide bonds. The number of hydrogen-bond donors (Lipinski definition) is 0. The van der Waals surface area contributed by atoms with E-state index in [1.165, 1.54) is 31.4 Å². The summed E-state index contributed by atoms with van der Waals surface area (Å²) in [4.78, 5) is 24.3. The number of aromatic nitrogens is 1. The molecule has 5 nitrogen and oxygen atoms in total. The van der Waals surface area contributed by atoms with E-state index in [0.29, 0.717) is 5.75 Å². The molecule has 1 heterocycles. The highest BCUT2D eigenvalue weighted by Crippen LogP contribution is 2.15. The maximum Gasteiger partial charge on any atom is 0.426 e. The third-order valence-corrected chi connectivity index (χ3v) is 3.10. The van der Waals surface area contributed by atoms with E-state index in [1.54, 1.807) is 12.1 Å². The quantitative estimate of drug-likeness (QED) is 0.724. The SMILES string of the molecule is COc1ccc(-n2c(=O)oc3cccc(F)c3c2=O)cc1. The lowest BCUT2D eigenvalue weighted by Gasteiger charge is -2.06. The number of nitrogens with zero attached hydrogens (tertiary/aromatic N) is 1. The second kappa shape index (κ2) is 4.90. The molecule has 1 aromatic heterocycles. The van der Waals surface area contributed by atoms with Gasteiger partial charge in [-0.25, -0.2) is 13.8 Å². The van der Waals surface area contributed by atoms with Crippen LogP contribution in [0.5, 0.6) is 5.75 Å². The first-order chi connectivity index (χ1) is 10.1.